The van der Waals surface area contributed by atoms with Crippen LogP contribution in [0.5, 0.6) is 0 Å². The lowest BCUT2D eigenvalue weighted by atomic mass is 10.0. The molecule has 0 amide bonds. The molecule has 15 heteroatoms. The molecule has 4 aromatic rings. The van der Waals surface area contributed by atoms with Crippen LogP contribution in [0, 0.1) is 5.92 Å². The topological polar surface area (TPSA) is 170 Å². The van der Waals surface area contributed by atoms with Gasteiger partial charge in [0.15, 0.2) is 5.78 Å². The fraction of sp³-hybridized carbons (Fsp3) is 0.296. The number of ketones is 1. The molecule has 1 saturated carbocycles. The van der Waals surface area contributed by atoms with Gasteiger partial charge in [0.2, 0.25) is 0 Å². The van der Waals surface area contributed by atoms with Crippen LogP contribution in [0.15, 0.2) is 67.3 Å². The molecule has 2 aromatic heterocycles. The van der Waals surface area contributed by atoms with Crippen molar-refractivity contribution < 1.29 is 40.8 Å². The minimum absolute atomic E-state index is 0.0467. The minimum atomic E-state index is -4.50. The van der Waals surface area contributed by atoms with E-state index in [1.54, 1.807) is 41.1 Å². The fourth-order valence-corrected chi connectivity index (χ4v) is 5.51. The molecule has 42 heavy (non-hydrogen) atoms. The van der Waals surface area contributed by atoms with Crippen molar-refractivity contribution in [2.45, 2.75) is 37.4 Å². The first-order valence-electron chi connectivity index (χ1n) is 12.7. The molecule has 222 valence electrons. The van der Waals surface area contributed by atoms with Crippen LogP contribution in [0.3, 0.4) is 0 Å². The molecule has 0 radical (unpaired) electrons. The van der Waals surface area contributed by atoms with Gasteiger partial charge < -0.3 is 20.1 Å². The van der Waals surface area contributed by atoms with E-state index in [0.29, 0.717) is 16.5 Å². The van der Waals surface area contributed by atoms with Crippen LogP contribution in [0.25, 0.3) is 10.9 Å². The predicted octanol–water partition coefficient (Wildman–Crippen LogP) is 2.47. The smallest absolute Gasteiger partial charge is 0.390 e. The maximum Gasteiger partial charge on any atom is 0.416 e. The molecular formula is C27H26F3N5O6S. The lowest BCUT2D eigenvalue weighted by molar-refractivity contribution is -0.137. The van der Waals surface area contributed by atoms with Crippen LogP contribution < -0.4 is 10.5 Å². The molecule has 11 nitrogen and oxygen atoms in total. The summed E-state index contributed by atoms with van der Waals surface area (Å²) in [5.41, 5.74) is 0.538. The zero-order valence-electron chi connectivity index (χ0n) is 21.8. The molecule has 1 aliphatic carbocycles. The first-order valence-corrected chi connectivity index (χ1v) is 14.2. The van der Waals surface area contributed by atoms with Crippen molar-refractivity contribution >= 4 is 32.8 Å². The second-order valence-corrected chi connectivity index (χ2v) is 11.2. The molecular weight excluding hydrogens is 579 g/mol. The highest BCUT2D eigenvalue weighted by molar-refractivity contribution is 7.84. The summed E-state index contributed by atoms with van der Waals surface area (Å²) in [5, 5.41) is 29.3. The van der Waals surface area contributed by atoms with Gasteiger partial charge in [-0.25, -0.2) is 15.1 Å². The predicted molar refractivity (Wildman–Crippen MR) is 145 cm³/mol. The Morgan fingerprint density at radius 3 is 2.62 bits per heavy atom. The summed E-state index contributed by atoms with van der Waals surface area (Å²) in [6.45, 7) is -0.377. The number of nitrogens with zero attached hydrogens (tertiary/aromatic N) is 3. The number of aliphatic hydroxyl groups excluding tert-OH is 2. The number of para-hydroxylation sites is 1. The highest BCUT2D eigenvalue weighted by Gasteiger charge is 2.42. The van der Waals surface area contributed by atoms with Gasteiger partial charge in [0.25, 0.3) is 0 Å². The third-order valence-corrected chi connectivity index (χ3v) is 7.63. The van der Waals surface area contributed by atoms with Gasteiger partial charge in [0.05, 0.1) is 29.9 Å². The summed E-state index contributed by atoms with van der Waals surface area (Å²) in [6, 6.07) is 11.1. The van der Waals surface area contributed by atoms with Crippen molar-refractivity contribution in [3.8, 4) is 0 Å². The summed E-state index contributed by atoms with van der Waals surface area (Å²) >= 11 is 0. The molecule has 0 aliphatic heterocycles. The van der Waals surface area contributed by atoms with Crippen molar-refractivity contribution in [3.05, 3.63) is 89.5 Å². The number of anilines is 1. The monoisotopic (exact) mass is 605 g/mol. The quantitative estimate of drug-likeness (QED) is 0.209. The van der Waals surface area contributed by atoms with Gasteiger partial charge in [-0.3, -0.25) is 8.98 Å². The second-order valence-electron chi connectivity index (χ2n) is 10.0. The Hall–Kier alpha value is -3.89. The maximum atomic E-state index is 13.8. The number of carbonyl (C=O) groups excluding carboxylic acids is 1. The van der Waals surface area contributed by atoms with Gasteiger partial charge in [0.1, 0.15) is 18.2 Å². The van der Waals surface area contributed by atoms with Crippen molar-refractivity contribution in [1.82, 2.24) is 14.5 Å². The van der Waals surface area contributed by atoms with E-state index < -0.39 is 58.6 Å². The van der Waals surface area contributed by atoms with Gasteiger partial charge in [-0.1, -0.05) is 30.3 Å². The normalized spacial score (nSPS) is 21.1. The van der Waals surface area contributed by atoms with Gasteiger partial charge >= 0.3 is 16.5 Å². The number of nitrogens with one attached hydrogen (secondary N) is 1. The van der Waals surface area contributed by atoms with E-state index >= 15 is 0 Å². The molecule has 4 atom stereocenters. The maximum absolute atomic E-state index is 13.8. The van der Waals surface area contributed by atoms with E-state index in [1.807, 2.05) is 0 Å². The van der Waals surface area contributed by atoms with Crippen LogP contribution in [0.4, 0.5) is 19.0 Å². The van der Waals surface area contributed by atoms with E-state index in [2.05, 4.69) is 19.5 Å². The minimum Gasteiger partial charge on any atom is -0.390 e. The van der Waals surface area contributed by atoms with E-state index in [9.17, 15) is 36.6 Å². The lowest BCUT2D eigenvalue weighted by Crippen LogP contribution is -2.36. The van der Waals surface area contributed by atoms with Gasteiger partial charge in [-0.05, 0) is 30.2 Å². The highest BCUT2D eigenvalue weighted by atomic mass is 32.2. The Morgan fingerprint density at radius 2 is 1.88 bits per heavy atom. The summed E-state index contributed by atoms with van der Waals surface area (Å²) < 4.78 is 68.3. The average molecular weight is 606 g/mol. The third-order valence-electron chi connectivity index (χ3n) is 7.17. The van der Waals surface area contributed by atoms with Crippen LogP contribution in [-0.2, 0) is 27.2 Å². The molecule has 1 aliphatic rings. The molecule has 2 heterocycles. The number of alkyl halides is 3. The van der Waals surface area contributed by atoms with Crippen LogP contribution in [0.1, 0.15) is 33.5 Å². The van der Waals surface area contributed by atoms with Crippen LogP contribution in [-0.4, -0.2) is 63.8 Å². The fourth-order valence-electron chi connectivity index (χ4n) is 5.15. The molecule has 1 fully saturated rings. The highest BCUT2D eigenvalue weighted by Crippen LogP contribution is 2.33. The molecule has 0 spiro atoms. The first kappa shape index (κ1) is 29.6. The Kier molecular flexibility index (Phi) is 8.04. The van der Waals surface area contributed by atoms with Gasteiger partial charge in [-0.2, -0.15) is 21.6 Å². The number of hydrogen-bond acceptors (Lipinski definition) is 9. The summed E-state index contributed by atoms with van der Waals surface area (Å²) in [7, 11) is -4.25. The number of aliphatic hydroxyl groups is 2. The standard InChI is InChI=1S/C27H26F3N5O6S/c28-27(29,30)17-5-3-4-15(8-17)11-35-12-20(18-6-1-2-7-22(18)35)24(37)19-10-32-14-33-26(19)34-21-9-16(23(36)25(21)38)13-41-42(31,39)40/h1-8,10,12,14,16,21,23,25,36,38H,9,11,13H2,(H2,31,39,40)(H,32,33,34)/t16-,21-,23-,25+/m1/s1. The van der Waals surface area contributed by atoms with E-state index in [4.69, 9.17) is 5.14 Å². The second kappa shape index (κ2) is 11.4. The Labute approximate surface area is 238 Å². The van der Waals surface area contributed by atoms with Gasteiger partial charge in [0, 0.05) is 41.3 Å². The van der Waals surface area contributed by atoms with E-state index in [0.717, 1.165) is 12.1 Å². The van der Waals surface area contributed by atoms with E-state index in [-0.39, 0.29) is 29.9 Å². The largest absolute Gasteiger partial charge is 0.416 e. The zero-order valence-corrected chi connectivity index (χ0v) is 22.6. The number of aromatic nitrogens is 3. The number of nitrogens with two attached hydrogens (primary N) is 1. The molecule has 2 aromatic carbocycles. The third kappa shape index (κ3) is 6.29. The molecule has 0 saturated heterocycles. The average Bonchev–Trinajstić information content (AvgIpc) is 3.43. The Balaban J connectivity index is 1.42. The summed E-state index contributed by atoms with van der Waals surface area (Å²) in [6.07, 6.45) is -3.06. The van der Waals surface area contributed by atoms with Gasteiger partial charge in [-0.15, -0.1) is 0 Å². The van der Waals surface area contributed by atoms with Crippen LogP contribution >= 0.6 is 0 Å². The molecule has 5 rings (SSSR count). The number of halogens is 3. The number of carbonyl (C=O) groups is 1. The summed E-state index contributed by atoms with van der Waals surface area (Å²) in [5.74, 6) is -1.20. The zero-order chi connectivity index (χ0) is 30.2. The summed E-state index contributed by atoms with van der Waals surface area (Å²) in [4.78, 5) is 21.9. The Morgan fingerprint density at radius 1 is 1.12 bits per heavy atom. The SMILES string of the molecule is NS(=O)(=O)OC[C@H]1C[C@@H](Nc2ncncc2C(=O)c2cn(Cc3cccc(C(F)(F)F)c3)c3ccccc23)[C@H](O)[C@@H]1O. The number of fused-ring (bicyclic) bond motifs is 1. The van der Waals surface area contributed by atoms with Crippen molar-refractivity contribution in [1.29, 1.82) is 0 Å². The molecule has 0 unspecified atom stereocenters. The number of hydrogen-bond donors (Lipinski definition) is 4. The molecule has 5 N–H and O–H groups in total. The van der Waals surface area contributed by atoms with Crippen LogP contribution in [0.2, 0.25) is 0 Å². The molecule has 0 bridgehead atoms. The number of rotatable bonds is 9. The van der Waals surface area contributed by atoms with Crippen molar-refractivity contribution in [2.24, 2.45) is 11.1 Å². The Bertz CT molecular complexity index is 1730. The van der Waals surface area contributed by atoms with E-state index in [1.165, 1.54) is 18.6 Å². The lowest BCUT2D eigenvalue weighted by Gasteiger charge is -2.19. The first-order chi connectivity index (χ1) is 19.8. The van der Waals surface area contributed by atoms with Crippen molar-refractivity contribution in [3.63, 3.8) is 0 Å². The number of benzene rings is 2. The van der Waals surface area contributed by atoms with Crippen molar-refractivity contribution in [2.75, 3.05) is 11.9 Å².